The average Bonchev–Trinajstić information content (AvgIpc) is 2.90. The third-order valence-electron chi connectivity index (χ3n) is 7.12. The normalized spacial score (nSPS) is 11.7. The van der Waals surface area contributed by atoms with E-state index in [4.69, 9.17) is 4.74 Å². The topological polar surface area (TPSA) is 92.7 Å². The Bertz CT molecular complexity index is 595. The van der Waals surface area contributed by atoms with E-state index in [-0.39, 0.29) is 12.6 Å². The second-order valence-electron chi connectivity index (χ2n) is 11.1. The van der Waals surface area contributed by atoms with Gasteiger partial charge in [0.15, 0.2) is 6.16 Å². The lowest BCUT2D eigenvalue weighted by Crippen LogP contribution is -2.21. The maximum absolute atomic E-state index is 12.5. The van der Waals surface area contributed by atoms with Crippen LogP contribution in [0.3, 0.4) is 0 Å². The van der Waals surface area contributed by atoms with E-state index in [9.17, 15) is 17.8 Å². The Morgan fingerprint density at radius 2 is 0.949 bits per heavy atom. The van der Waals surface area contributed by atoms with Gasteiger partial charge in [-0.3, -0.25) is 4.18 Å². The second kappa shape index (κ2) is 29.3. The van der Waals surface area contributed by atoms with Gasteiger partial charge in [-0.2, -0.15) is 0 Å². The van der Waals surface area contributed by atoms with Crippen LogP contribution in [0.5, 0.6) is 0 Å². The van der Waals surface area contributed by atoms with E-state index < -0.39 is 17.7 Å². The summed E-state index contributed by atoms with van der Waals surface area (Å²) in [6.07, 6.45) is 27.8. The van der Waals surface area contributed by atoms with Crippen molar-refractivity contribution in [2.45, 2.75) is 157 Å². The summed E-state index contributed by atoms with van der Waals surface area (Å²) in [6, 6.07) is 0. The molecule has 0 aromatic rings. The molecule has 0 spiro atoms. The zero-order valence-electron chi connectivity index (χ0n) is 26.5. The molecule has 39 heavy (non-hydrogen) atoms. The molecular weight excluding hydrogens is 531 g/mol. The van der Waals surface area contributed by atoms with E-state index in [1.165, 1.54) is 115 Å². The molecule has 0 atom stereocenters. The fourth-order valence-corrected chi connectivity index (χ4v) is 9.56. The highest BCUT2D eigenvalue weighted by atomic mass is 32.3. The summed E-state index contributed by atoms with van der Waals surface area (Å²) in [5.74, 6) is 0.0988. The highest BCUT2D eigenvalue weighted by molar-refractivity contribution is 7.80. The standard InChI is InChI=1S/C23H48O2P.C8H18O4S/c1-5-9-12-15-19-26(20-16-13-10-6-2,21-17-14-11-7-3)22-23(24)25-18-8-4;1-2-3-4-5-6-7-8-12-13(9,10)11/h5-22H2,1-4H3;2-8H2,1H3,(H,9,10,11)/q+1;/p-1. The molecule has 0 radical (unpaired) electrons. The second-order valence-corrected chi connectivity index (χ2v) is 16.5. The molecule has 0 saturated carbocycles. The number of carbonyl (C=O) groups excluding carboxylic acids is 1. The van der Waals surface area contributed by atoms with Gasteiger partial charge in [0.05, 0.1) is 31.7 Å². The van der Waals surface area contributed by atoms with E-state index in [0.717, 1.165) is 25.4 Å². The molecule has 0 aliphatic carbocycles. The predicted molar refractivity (Wildman–Crippen MR) is 169 cm³/mol. The Balaban J connectivity index is 0. The zero-order valence-corrected chi connectivity index (χ0v) is 28.2. The summed E-state index contributed by atoms with van der Waals surface area (Å²) in [6.45, 7) is 11.7. The van der Waals surface area contributed by atoms with Gasteiger partial charge in [0.25, 0.3) is 0 Å². The minimum absolute atomic E-state index is 0.0258. The summed E-state index contributed by atoms with van der Waals surface area (Å²) in [4.78, 5) is 12.5. The van der Waals surface area contributed by atoms with Crippen molar-refractivity contribution in [2.75, 3.05) is 37.9 Å². The van der Waals surface area contributed by atoms with Crippen molar-refractivity contribution in [3.63, 3.8) is 0 Å². The fraction of sp³-hybridized carbons (Fsp3) is 0.968. The number of rotatable bonds is 27. The Hall–Kier alpha value is -0.230. The SMILES string of the molecule is CCCCCCCCOS(=O)(=O)[O-].CCCCCC[P+](CCCCCC)(CCCCCC)CC(=O)OCCC. The zero-order chi connectivity index (χ0) is 29.7. The van der Waals surface area contributed by atoms with Crippen LogP contribution in [0.15, 0.2) is 0 Å². The molecule has 8 heteroatoms. The van der Waals surface area contributed by atoms with Gasteiger partial charge in [-0.25, -0.2) is 13.2 Å². The molecule has 0 aliphatic heterocycles. The average molecular weight is 597 g/mol. The third-order valence-corrected chi connectivity index (χ3v) is 12.3. The van der Waals surface area contributed by atoms with Crippen LogP contribution >= 0.6 is 7.26 Å². The molecule has 0 aromatic carbocycles. The Labute approximate surface area is 244 Å². The first-order valence-electron chi connectivity index (χ1n) is 16.3. The van der Waals surface area contributed by atoms with Crippen molar-refractivity contribution >= 4 is 23.6 Å². The quantitative estimate of drug-likeness (QED) is 0.0308. The van der Waals surface area contributed by atoms with Crippen LogP contribution in [0.4, 0.5) is 0 Å². The lowest BCUT2D eigenvalue weighted by atomic mass is 10.1. The lowest BCUT2D eigenvalue weighted by molar-refractivity contribution is -0.140. The summed E-state index contributed by atoms with van der Waals surface area (Å²) in [5.41, 5.74) is 0. The summed E-state index contributed by atoms with van der Waals surface area (Å²) < 4.78 is 39.5. The van der Waals surface area contributed by atoms with Gasteiger partial charge in [-0.05, 0) is 51.4 Å². The van der Waals surface area contributed by atoms with Crippen LogP contribution < -0.4 is 0 Å². The van der Waals surface area contributed by atoms with Crippen molar-refractivity contribution in [3.05, 3.63) is 0 Å². The van der Waals surface area contributed by atoms with Crippen molar-refractivity contribution in [2.24, 2.45) is 0 Å². The Morgan fingerprint density at radius 3 is 1.33 bits per heavy atom. The highest BCUT2D eigenvalue weighted by Crippen LogP contribution is 2.60. The molecule has 0 aliphatic rings. The molecule has 0 N–H and O–H groups in total. The van der Waals surface area contributed by atoms with Crippen LogP contribution in [-0.2, 0) is 24.1 Å². The Kier molecular flexibility index (Phi) is 30.7. The van der Waals surface area contributed by atoms with Gasteiger partial charge in [0.1, 0.15) is 0 Å². The molecule has 0 amide bonds. The first kappa shape index (κ1) is 40.9. The largest absolute Gasteiger partial charge is 0.726 e. The van der Waals surface area contributed by atoms with E-state index in [1.54, 1.807) is 0 Å². The number of ether oxygens (including phenoxy) is 1. The van der Waals surface area contributed by atoms with Crippen LogP contribution in [0.2, 0.25) is 0 Å². The van der Waals surface area contributed by atoms with Crippen molar-refractivity contribution in [1.29, 1.82) is 0 Å². The first-order valence-corrected chi connectivity index (χ1v) is 20.2. The molecule has 0 rings (SSSR count). The number of esters is 1. The molecule has 0 saturated heterocycles. The van der Waals surface area contributed by atoms with Gasteiger partial charge in [0, 0.05) is 7.26 Å². The fourth-order valence-electron chi connectivity index (χ4n) is 4.77. The molecule has 0 bridgehead atoms. The minimum atomic E-state index is -4.47. The predicted octanol–water partition coefficient (Wildman–Crippen LogP) is 9.52. The van der Waals surface area contributed by atoms with Crippen LogP contribution in [0.25, 0.3) is 0 Å². The monoisotopic (exact) mass is 596 g/mol. The third kappa shape index (κ3) is 30.6. The maximum atomic E-state index is 12.5. The van der Waals surface area contributed by atoms with E-state index in [0.29, 0.717) is 13.0 Å². The van der Waals surface area contributed by atoms with Crippen molar-refractivity contribution in [1.82, 2.24) is 0 Å². The highest BCUT2D eigenvalue weighted by Gasteiger charge is 2.38. The van der Waals surface area contributed by atoms with Crippen molar-refractivity contribution < 1.29 is 26.7 Å². The first-order chi connectivity index (χ1) is 18.7. The van der Waals surface area contributed by atoms with E-state index in [1.807, 2.05) is 0 Å². The van der Waals surface area contributed by atoms with Gasteiger partial charge in [-0.1, -0.05) is 105 Å². The number of unbranched alkanes of at least 4 members (excludes halogenated alkanes) is 14. The number of carbonyl (C=O) groups is 1. The Morgan fingerprint density at radius 1 is 0.564 bits per heavy atom. The summed E-state index contributed by atoms with van der Waals surface area (Å²) in [7, 11) is -5.66. The van der Waals surface area contributed by atoms with Crippen molar-refractivity contribution in [3.8, 4) is 0 Å². The van der Waals surface area contributed by atoms with E-state index >= 15 is 0 Å². The summed E-state index contributed by atoms with van der Waals surface area (Å²) >= 11 is 0. The smallest absolute Gasteiger partial charge is 0.343 e. The number of hydrogen-bond acceptors (Lipinski definition) is 6. The minimum Gasteiger partial charge on any atom is -0.726 e. The van der Waals surface area contributed by atoms with E-state index in [2.05, 4.69) is 38.8 Å². The van der Waals surface area contributed by atoms with Crippen LogP contribution in [0, 0.1) is 0 Å². The molecule has 236 valence electrons. The number of hydrogen-bond donors (Lipinski definition) is 0. The van der Waals surface area contributed by atoms with Gasteiger partial charge in [0.2, 0.25) is 10.4 Å². The summed E-state index contributed by atoms with van der Waals surface area (Å²) in [5, 5.41) is 0. The van der Waals surface area contributed by atoms with Gasteiger partial charge >= 0.3 is 5.97 Å². The molecule has 0 fully saturated rings. The molecule has 0 aromatic heterocycles. The molecule has 0 unspecified atom stereocenters. The molecule has 6 nitrogen and oxygen atoms in total. The van der Waals surface area contributed by atoms with Crippen LogP contribution in [0.1, 0.15) is 157 Å². The maximum Gasteiger partial charge on any atom is 0.343 e. The van der Waals surface area contributed by atoms with Gasteiger partial charge < -0.3 is 9.29 Å². The van der Waals surface area contributed by atoms with Crippen LogP contribution in [-0.4, -0.2) is 56.8 Å². The molecular formula is C31H65O6PS. The van der Waals surface area contributed by atoms with Gasteiger partial charge in [-0.15, -0.1) is 0 Å². The lowest BCUT2D eigenvalue weighted by Gasteiger charge is -2.27. The molecule has 0 heterocycles.